The first-order chi connectivity index (χ1) is 17.4. The van der Waals surface area contributed by atoms with Gasteiger partial charge in [0.15, 0.2) is 0 Å². The molecule has 196 valence electrons. The van der Waals surface area contributed by atoms with E-state index in [0.29, 0.717) is 51.4 Å². The number of carboxylic acids is 1. The van der Waals surface area contributed by atoms with E-state index in [1.54, 1.807) is 0 Å². The Morgan fingerprint density at radius 2 is 1.92 bits per heavy atom. The number of carboxylic acid groups (broad SMARTS) is 1. The second kappa shape index (κ2) is 11.6. The summed E-state index contributed by atoms with van der Waals surface area (Å²) < 4.78 is 6.22. The van der Waals surface area contributed by atoms with Gasteiger partial charge in [0.1, 0.15) is 5.75 Å². The third kappa shape index (κ3) is 5.54. The number of nitrogens with zero attached hydrogens (tertiary/aromatic N) is 3. The maximum absolute atomic E-state index is 13.6. The number of rotatable bonds is 8. The number of aliphatic carboxylic acids is 1. The lowest BCUT2D eigenvalue weighted by Gasteiger charge is -2.43. The average Bonchev–Trinajstić information content (AvgIpc) is 3.38. The van der Waals surface area contributed by atoms with Crippen molar-refractivity contribution in [2.75, 3.05) is 33.3 Å². The number of likely N-dealkylation sites (tertiary alicyclic amines) is 2. The molecule has 1 aromatic carbocycles. The molecule has 2 aliphatic heterocycles. The smallest absolute Gasteiger partial charge is 0.306 e. The van der Waals surface area contributed by atoms with Crippen LogP contribution >= 0.6 is 0 Å². The summed E-state index contributed by atoms with van der Waals surface area (Å²) in [6, 6.07) is 10.7. The lowest BCUT2D eigenvalue weighted by Crippen LogP contribution is -2.53. The number of carbonyl (C=O) groups is 2. The van der Waals surface area contributed by atoms with Crippen LogP contribution in [0, 0.1) is 29.1 Å². The Hall–Kier alpha value is -2.59. The maximum atomic E-state index is 13.6. The van der Waals surface area contributed by atoms with Crippen molar-refractivity contribution in [1.29, 1.82) is 5.26 Å². The first-order valence-corrected chi connectivity index (χ1v) is 13.7. The molecule has 7 heteroatoms. The molecule has 1 aliphatic carbocycles. The molecule has 1 saturated carbocycles. The molecule has 0 bridgehead atoms. The van der Waals surface area contributed by atoms with Crippen LogP contribution in [0.15, 0.2) is 24.3 Å². The van der Waals surface area contributed by atoms with Gasteiger partial charge in [-0.05, 0) is 76.9 Å². The summed E-state index contributed by atoms with van der Waals surface area (Å²) in [6.45, 7) is 4.88. The van der Waals surface area contributed by atoms with Gasteiger partial charge in [0.05, 0.1) is 29.9 Å². The highest BCUT2D eigenvalue weighted by atomic mass is 16.5. The van der Waals surface area contributed by atoms with Crippen molar-refractivity contribution in [2.24, 2.45) is 17.8 Å². The van der Waals surface area contributed by atoms with Gasteiger partial charge in [-0.1, -0.05) is 31.5 Å². The van der Waals surface area contributed by atoms with Crippen molar-refractivity contribution >= 4 is 11.9 Å². The standard InChI is InChI=1S/C29H41N3O4/c1-3-7-25-23(8-6-15-31(25)2)27(33)32-16-13-29(20-30,14-17-32)24-9-4-5-10-26(24)36-19-21-11-12-22(18-21)28(34)35/h4-5,9-10,21-23,25H,3,6-8,11-19H2,1-2H3,(H,34,35). The molecular formula is C29H41N3O4. The Labute approximate surface area is 215 Å². The Morgan fingerprint density at radius 1 is 1.17 bits per heavy atom. The topological polar surface area (TPSA) is 93.9 Å². The van der Waals surface area contributed by atoms with Gasteiger partial charge in [0.2, 0.25) is 5.91 Å². The molecule has 2 saturated heterocycles. The number of hydrogen-bond acceptors (Lipinski definition) is 5. The summed E-state index contributed by atoms with van der Waals surface area (Å²) in [5, 5.41) is 19.6. The minimum Gasteiger partial charge on any atom is -0.493 e. The zero-order valence-electron chi connectivity index (χ0n) is 21.8. The zero-order valence-corrected chi connectivity index (χ0v) is 21.8. The minimum atomic E-state index is -0.719. The van der Waals surface area contributed by atoms with E-state index < -0.39 is 11.4 Å². The maximum Gasteiger partial charge on any atom is 0.306 e. The summed E-state index contributed by atoms with van der Waals surface area (Å²) in [4.78, 5) is 29.2. The molecule has 0 spiro atoms. The number of piperidine rings is 2. The number of hydrogen-bond donors (Lipinski definition) is 1. The number of ether oxygens (including phenoxy) is 1. The molecule has 1 N–H and O–H groups in total. The van der Waals surface area contributed by atoms with Crippen molar-refractivity contribution in [3.8, 4) is 11.8 Å². The number of nitriles is 1. The predicted octanol–water partition coefficient (Wildman–Crippen LogP) is 4.46. The van der Waals surface area contributed by atoms with Crippen LogP contribution in [0.5, 0.6) is 5.75 Å². The van der Waals surface area contributed by atoms with Gasteiger partial charge in [-0.25, -0.2) is 0 Å². The van der Waals surface area contributed by atoms with Gasteiger partial charge in [-0.2, -0.15) is 5.26 Å². The molecule has 3 aliphatic rings. The normalized spacial score (nSPS) is 28.4. The van der Waals surface area contributed by atoms with E-state index in [4.69, 9.17) is 4.74 Å². The SMILES string of the molecule is CCCC1C(C(=O)N2CCC(C#N)(c3ccccc3OCC3CCC(C(=O)O)C3)CC2)CCCN1C. The lowest BCUT2D eigenvalue weighted by atomic mass is 9.73. The highest BCUT2D eigenvalue weighted by Crippen LogP contribution is 2.41. The van der Waals surface area contributed by atoms with E-state index in [9.17, 15) is 20.0 Å². The van der Waals surface area contributed by atoms with Crippen LogP contribution in [0.3, 0.4) is 0 Å². The highest BCUT2D eigenvalue weighted by Gasteiger charge is 2.43. The largest absolute Gasteiger partial charge is 0.493 e. The third-order valence-electron chi connectivity index (χ3n) is 8.87. The molecule has 0 aromatic heterocycles. The Balaban J connectivity index is 1.42. The lowest BCUT2D eigenvalue weighted by molar-refractivity contribution is -0.142. The predicted molar refractivity (Wildman–Crippen MR) is 138 cm³/mol. The molecule has 1 aromatic rings. The Kier molecular flexibility index (Phi) is 8.56. The molecule has 4 rings (SSSR count). The molecule has 3 fully saturated rings. The van der Waals surface area contributed by atoms with Gasteiger partial charge >= 0.3 is 5.97 Å². The van der Waals surface area contributed by atoms with Crippen molar-refractivity contribution < 1.29 is 19.4 Å². The second-order valence-electron chi connectivity index (χ2n) is 11.1. The fourth-order valence-corrected chi connectivity index (χ4v) is 6.66. The molecule has 4 atom stereocenters. The fourth-order valence-electron chi connectivity index (χ4n) is 6.66. The van der Waals surface area contributed by atoms with Gasteiger partial charge in [0.25, 0.3) is 0 Å². The summed E-state index contributed by atoms with van der Waals surface area (Å²) in [5.41, 5.74) is 0.215. The summed E-state index contributed by atoms with van der Waals surface area (Å²) in [7, 11) is 2.14. The monoisotopic (exact) mass is 495 g/mol. The highest BCUT2D eigenvalue weighted by molar-refractivity contribution is 5.80. The van der Waals surface area contributed by atoms with Crippen molar-refractivity contribution in [2.45, 2.75) is 76.2 Å². The number of amides is 1. The van der Waals surface area contributed by atoms with Gasteiger partial charge < -0.3 is 19.6 Å². The summed E-state index contributed by atoms with van der Waals surface area (Å²) in [5.74, 6) is 0.252. The zero-order chi connectivity index (χ0) is 25.7. The molecule has 7 nitrogen and oxygen atoms in total. The van der Waals surface area contributed by atoms with Crippen LogP contribution in [-0.4, -0.2) is 66.1 Å². The van der Waals surface area contributed by atoms with Crippen molar-refractivity contribution in [3.63, 3.8) is 0 Å². The van der Waals surface area contributed by atoms with Crippen LogP contribution < -0.4 is 4.74 Å². The van der Waals surface area contributed by atoms with Crippen LogP contribution in [0.2, 0.25) is 0 Å². The third-order valence-corrected chi connectivity index (χ3v) is 8.87. The van der Waals surface area contributed by atoms with Gasteiger partial charge in [-0.15, -0.1) is 0 Å². The average molecular weight is 496 g/mol. The number of benzene rings is 1. The van der Waals surface area contributed by atoms with Crippen LogP contribution in [0.25, 0.3) is 0 Å². The van der Waals surface area contributed by atoms with E-state index in [0.717, 1.165) is 50.0 Å². The quantitative estimate of drug-likeness (QED) is 0.572. The summed E-state index contributed by atoms with van der Waals surface area (Å²) in [6.07, 6.45) is 7.53. The molecular weight excluding hydrogens is 454 g/mol. The van der Waals surface area contributed by atoms with Gasteiger partial charge in [0, 0.05) is 24.7 Å². The van der Waals surface area contributed by atoms with E-state index >= 15 is 0 Å². The van der Waals surface area contributed by atoms with Crippen molar-refractivity contribution in [3.05, 3.63) is 29.8 Å². The molecule has 4 unspecified atom stereocenters. The van der Waals surface area contributed by atoms with E-state index in [2.05, 4.69) is 24.9 Å². The molecule has 0 radical (unpaired) electrons. The van der Waals surface area contributed by atoms with E-state index in [-0.39, 0.29) is 23.7 Å². The summed E-state index contributed by atoms with van der Waals surface area (Å²) >= 11 is 0. The Morgan fingerprint density at radius 3 is 2.58 bits per heavy atom. The Bertz CT molecular complexity index is 966. The van der Waals surface area contributed by atoms with E-state index in [1.807, 2.05) is 29.2 Å². The number of carbonyl (C=O) groups excluding carboxylic acids is 1. The minimum absolute atomic E-state index is 0.0509. The van der Waals surface area contributed by atoms with Crippen LogP contribution in [-0.2, 0) is 15.0 Å². The molecule has 1 amide bonds. The van der Waals surface area contributed by atoms with Crippen LogP contribution in [0.4, 0.5) is 0 Å². The van der Waals surface area contributed by atoms with Crippen LogP contribution in [0.1, 0.15) is 70.3 Å². The second-order valence-corrected chi connectivity index (χ2v) is 11.1. The first-order valence-electron chi connectivity index (χ1n) is 13.7. The molecule has 36 heavy (non-hydrogen) atoms. The first kappa shape index (κ1) is 26.5. The fraction of sp³-hybridized carbons (Fsp3) is 0.690. The van der Waals surface area contributed by atoms with E-state index in [1.165, 1.54) is 0 Å². The number of para-hydroxylation sites is 1. The molecule has 2 heterocycles. The van der Waals surface area contributed by atoms with Crippen molar-refractivity contribution in [1.82, 2.24) is 9.80 Å². The van der Waals surface area contributed by atoms with Gasteiger partial charge in [-0.3, -0.25) is 9.59 Å².